The van der Waals surface area contributed by atoms with Gasteiger partial charge in [-0.2, -0.15) is 0 Å². The molecule has 8 heteroatoms. The van der Waals surface area contributed by atoms with Crippen LogP contribution in [-0.2, 0) is 15.9 Å². The van der Waals surface area contributed by atoms with E-state index in [1.54, 1.807) is 41.5 Å². The second-order valence-electron chi connectivity index (χ2n) is 10.8. The molecule has 0 aliphatic heterocycles. The van der Waals surface area contributed by atoms with E-state index in [9.17, 15) is 19.8 Å². The van der Waals surface area contributed by atoms with Gasteiger partial charge in [0.2, 0.25) is 0 Å². The van der Waals surface area contributed by atoms with Crippen molar-refractivity contribution in [2.75, 3.05) is 0 Å². The molecule has 0 bridgehead atoms. The minimum Gasteiger partial charge on any atom is -0.444 e. The van der Waals surface area contributed by atoms with Crippen LogP contribution < -0.4 is 10.6 Å². The number of carbonyl (C=O) groups is 2. The summed E-state index contributed by atoms with van der Waals surface area (Å²) in [5, 5.41) is 27.7. The zero-order valence-corrected chi connectivity index (χ0v) is 22.0. The van der Waals surface area contributed by atoms with Gasteiger partial charge >= 0.3 is 12.2 Å². The first-order chi connectivity index (χ1) is 16.7. The van der Waals surface area contributed by atoms with Gasteiger partial charge in [-0.05, 0) is 59.1 Å². The zero-order valence-electron chi connectivity index (χ0n) is 22.0. The second kappa shape index (κ2) is 12.7. The van der Waals surface area contributed by atoms with Crippen molar-refractivity contribution >= 4 is 12.2 Å². The summed E-state index contributed by atoms with van der Waals surface area (Å²) in [6, 6.07) is 17.0. The number of aliphatic hydroxyl groups is 2. The zero-order chi connectivity index (χ0) is 26.9. The number of amides is 2. The van der Waals surface area contributed by atoms with E-state index in [0.29, 0.717) is 0 Å². The van der Waals surface area contributed by atoms with Crippen molar-refractivity contribution in [3.63, 3.8) is 0 Å². The van der Waals surface area contributed by atoms with Crippen LogP contribution in [0.4, 0.5) is 9.59 Å². The van der Waals surface area contributed by atoms with E-state index >= 15 is 0 Å². The summed E-state index contributed by atoms with van der Waals surface area (Å²) in [6.45, 7) is 10.5. The second-order valence-corrected chi connectivity index (χ2v) is 10.8. The first-order valence-corrected chi connectivity index (χ1v) is 12.2. The highest BCUT2D eigenvalue weighted by atomic mass is 16.6. The van der Waals surface area contributed by atoms with Crippen LogP contribution in [0.3, 0.4) is 0 Å². The number of alkyl carbamates (subject to hydrolysis) is 2. The Kier molecular flexibility index (Phi) is 10.3. The highest BCUT2D eigenvalue weighted by Gasteiger charge is 2.32. The first-order valence-electron chi connectivity index (χ1n) is 12.2. The minimum absolute atomic E-state index is 0.00822. The maximum Gasteiger partial charge on any atom is 0.408 e. The predicted molar refractivity (Wildman–Crippen MR) is 138 cm³/mol. The lowest BCUT2D eigenvalue weighted by atomic mass is 9.92. The molecule has 0 saturated carbocycles. The van der Waals surface area contributed by atoms with Crippen molar-refractivity contribution in [2.45, 2.75) is 89.9 Å². The van der Waals surface area contributed by atoms with Gasteiger partial charge in [-0.1, -0.05) is 60.7 Å². The fourth-order valence-corrected chi connectivity index (χ4v) is 3.65. The molecule has 0 spiro atoms. The summed E-state index contributed by atoms with van der Waals surface area (Å²) in [5.74, 6) is 0. The third-order valence-electron chi connectivity index (χ3n) is 5.18. The standard InChI is InChI=1S/C28H40N2O6/c1-27(2,3)35-25(33)29-21(20-15-11-8-12-16-20)18-23(31)24(32)22(17-19-13-9-7-10-14-19)30-26(34)36-28(4,5)6/h7-16,21-24,31-32H,17-18H2,1-6H3,(H,29,33)(H,30,34)/t21-,22?,23-,24-/m0/s1. The fourth-order valence-electron chi connectivity index (χ4n) is 3.65. The van der Waals surface area contributed by atoms with Crippen molar-refractivity contribution in [1.82, 2.24) is 10.6 Å². The van der Waals surface area contributed by atoms with Crippen LogP contribution >= 0.6 is 0 Å². The molecule has 0 saturated heterocycles. The smallest absolute Gasteiger partial charge is 0.408 e. The molecule has 0 radical (unpaired) electrons. The number of rotatable bonds is 9. The summed E-state index contributed by atoms with van der Waals surface area (Å²) in [7, 11) is 0. The average molecular weight is 501 g/mol. The van der Waals surface area contributed by atoms with Gasteiger partial charge in [0.25, 0.3) is 0 Å². The monoisotopic (exact) mass is 500 g/mol. The summed E-state index contributed by atoms with van der Waals surface area (Å²) in [4.78, 5) is 25.0. The van der Waals surface area contributed by atoms with Crippen LogP contribution in [0.2, 0.25) is 0 Å². The van der Waals surface area contributed by atoms with Gasteiger partial charge in [0.15, 0.2) is 0 Å². The van der Waals surface area contributed by atoms with E-state index in [4.69, 9.17) is 9.47 Å². The van der Waals surface area contributed by atoms with Crippen molar-refractivity contribution < 1.29 is 29.3 Å². The lowest BCUT2D eigenvalue weighted by Crippen LogP contribution is -2.51. The van der Waals surface area contributed by atoms with Crippen LogP contribution in [0.5, 0.6) is 0 Å². The molecule has 2 rings (SSSR count). The van der Waals surface area contributed by atoms with Gasteiger partial charge in [0.1, 0.15) is 17.3 Å². The summed E-state index contributed by atoms with van der Waals surface area (Å²) in [6.07, 6.45) is -3.69. The summed E-state index contributed by atoms with van der Waals surface area (Å²) >= 11 is 0. The lowest BCUT2D eigenvalue weighted by Gasteiger charge is -2.31. The Labute approximate surface area is 214 Å². The molecule has 0 heterocycles. The Bertz CT molecular complexity index is 954. The molecule has 0 fully saturated rings. The van der Waals surface area contributed by atoms with E-state index in [0.717, 1.165) is 11.1 Å². The third kappa shape index (κ3) is 10.7. The SMILES string of the molecule is CC(C)(C)OC(=O)NC(Cc1ccccc1)[C@H](O)[C@@H](O)C[C@H](NC(=O)OC(C)(C)C)c1ccccc1. The molecular formula is C28H40N2O6. The van der Waals surface area contributed by atoms with E-state index in [2.05, 4.69) is 10.6 Å². The summed E-state index contributed by atoms with van der Waals surface area (Å²) in [5.41, 5.74) is 0.202. The van der Waals surface area contributed by atoms with Gasteiger partial charge in [0, 0.05) is 6.42 Å². The molecule has 2 aromatic rings. The van der Waals surface area contributed by atoms with Crippen molar-refractivity contribution in [2.24, 2.45) is 0 Å². The number of nitrogens with one attached hydrogen (secondary N) is 2. The molecule has 0 aliphatic carbocycles. The maximum absolute atomic E-state index is 12.5. The highest BCUT2D eigenvalue weighted by molar-refractivity contribution is 5.69. The average Bonchev–Trinajstić information content (AvgIpc) is 2.76. The lowest BCUT2D eigenvalue weighted by molar-refractivity contribution is -0.0177. The normalized spacial score (nSPS) is 15.2. The molecule has 198 valence electrons. The van der Waals surface area contributed by atoms with Crippen LogP contribution in [0.1, 0.15) is 65.1 Å². The molecule has 2 aromatic carbocycles. The molecule has 0 aliphatic rings. The molecule has 4 N–H and O–H groups in total. The third-order valence-corrected chi connectivity index (χ3v) is 5.18. The Balaban J connectivity index is 2.22. The molecule has 1 unspecified atom stereocenters. The predicted octanol–water partition coefficient (Wildman–Crippen LogP) is 4.50. The van der Waals surface area contributed by atoms with Gasteiger partial charge < -0.3 is 30.3 Å². The molecule has 8 nitrogen and oxygen atoms in total. The number of ether oxygens (including phenoxy) is 2. The Morgan fingerprint density at radius 1 is 0.778 bits per heavy atom. The Morgan fingerprint density at radius 2 is 1.25 bits per heavy atom. The Morgan fingerprint density at radius 3 is 1.75 bits per heavy atom. The largest absolute Gasteiger partial charge is 0.444 e. The number of hydrogen-bond donors (Lipinski definition) is 4. The van der Waals surface area contributed by atoms with Crippen LogP contribution in [0.15, 0.2) is 60.7 Å². The van der Waals surface area contributed by atoms with E-state index < -0.39 is 47.7 Å². The van der Waals surface area contributed by atoms with E-state index in [1.165, 1.54) is 0 Å². The van der Waals surface area contributed by atoms with Gasteiger partial charge in [0.05, 0.1) is 18.2 Å². The quantitative estimate of drug-likeness (QED) is 0.403. The minimum atomic E-state index is -1.34. The van der Waals surface area contributed by atoms with Gasteiger partial charge in [-0.15, -0.1) is 0 Å². The van der Waals surface area contributed by atoms with Gasteiger partial charge in [-0.3, -0.25) is 0 Å². The van der Waals surface area contributed by atoms with Crippen LogP contribution in [0.25, 0.3) is 0 Å². The van der Waals surface area contributed by atoms with Gasteiger partial charge in [-0.25, -0.2) is 9.59 Å². The number of hydrogen-bond acceptors (Lipinski definition) is 6. The maximum atomic E-state index is 12.5. The number of aliphatic hydroxyl groups excluding tert-OH is 2. The number of carbonyl (C=O) groups excluding carboxylic acids is 2. The molecule has 2 amide bonds. The molecule has 36 heavy (non-hydrogen) atoms. The molecule has 0 aromatic heterocycles. The Hall–Kier alpha value is -3.10. The molecular weight excluding hydrogens is 460 g/mol. The van der Waals surface area contributed by atoms with E-state index in [-0.39, 0.29) is 12.8 Å². The van der Waals surface area contributed by atoms with E-state index in [1.807, 2.05) is 60.7 Å². The highest BCUT2D eigenvalue weighted by Crippen LogP contribution is 2.23. The van der Waals surface area contributed by atoms with Crippen molar-refractivity contribution in [1.29, 1.82) is 0 Å². The summed E-state index contributed by atoms with van der Waals surface area (Å²) < 4.78 is 10.8. The number of benzene rings is 2. The molecule has 4 atom stereocenters. The van der Waals surface area contributed by atoms with Crippen LogP contribution in [0, 0.1) is 0 Å². The van der Waals surface area contributed by atoms with Crippen molar-refractivity contribution in [3.8, 4) is 0 Å². The topological polar surface area (TPSA) is 117 Å². The van der Waals surface area contributed by atoms with Crippen LogP contribution in [-0.4, -0.2) is 51.9 Å². The first kappa shape index (κ1) is 29.1. The van der Waals surface area contributed by atoms with Crippen molar-refractivity contribution in [3.05, 3.63) is 71.8 Å². The fraction of sp³-hybridized carbons (Fsp3) is 0.500.